The number of pyridine rings is 2. The van der Waals surface area contributed by atoms with Crippen LogP contribution in [0.25, 0.3) is 22.2 Å². The van der Waals surface area contributed by atoms with Gasteiger partial charge in [-0.15, -0.1) is 0 Å². The molecular weight excluding hydrogens is 342 g/mol. The Morgan fingerprint density at radius 1 is 1.00 bits per heavy atom. The highest BCUT2D eigenvalue weighted by Crippen LogP contribution is 2.36. The van der Waals surface area contributed by atoms with E-state index in [2.05, 4.69) is 73.0 Å². The van der Waals surface area contributed by atoms with Gasteiger partial charge in [0.05, 0.1) is 0 Å². The Balaban J connectivity index is 1.57. The van der Waals surface area contributed by atoms with Gasteiger partial charge < -0.3 is 4.57 Å². The molecule has 0 saturated carbocycles. The van der Waals surface area contributed by atoms with Crippen molar-refractivity contribution in [3.05, 3.63) is 82.9 Å². The second kappa shape index (κ2) is 6.59. The van der Waals surface area contributed by atoms with E-state index in [4.69, 9.17) is 4.98 Å². The number of nitrogens with zero attached hydrogens (tertiary/aromatic N) is 3. The Morgan fingerprint density at radius 3 is 2.71 bits per heavy atom. The van der Waals surface area contributed by atoms with Crippen LogP contribution in [0.2, 0.25) is 0 Å². The average Bonchev–Trinajstić information content (AvgIpc) is 3.05. The van der Waals surface area contributed by atoms with Gasteiger partial charge in [-0.1, -0.05) is 18.2 Å². The van der Waals surface area contributed by atoms with Gasteiger partial charge in [0, 0.05) is 59.4 Å². The topological polar surface area (TPSA) is 30.7 Å². The van der Waals surface area contributed by atoms with Crippen LogP contribution in [0.15, 0.2) is 55.0 Å². The van der Waals surface area contributed by atoms with Gasteiger partial charge in [0.25, 0.3) is 0 Å². The third-order valence-electron chi connectivity index (χ3n) is 6.35. The number of aryl methyl sites for hydroxylation is 4. The molecule has 1 aromatic carbocycles. The predicted molar refractivity (Wildman–Crippen MR) is 115 cm³/mol. The first kappa shape index (κ1) is 17.2. The molecule has 4 aromatic rings. The zero-order valence-electron chi connectivity index (χ0n) is 16.7. The Hall–Kier alpha value is -2.94. The first-order valence-corrected chi connectivity index (χ1v) is 10.1. The fraction of sp³-hybridized carbons (Fsp3) is 0.280. The predicted octanol–water partition coefficient (Wildman–Crippen LogP) is 5.52. The van der Waals surface area contributed by atoms with E-state index in [1.54, 1.807) is 0 Å². The number of benzene rings is 1. The zero-order chi connectivity index (χ0) is 19.3. The smallest absolute Gasteiger partial charge is 0.0492 e. The highest BCUT2D eigenvalue weighted by Gasteiger charge is 2.23. The van der Waals surface area contributed by atoms with E-state index in [-0.39, 0.29) is 0 Å². The van der Waals surface area contributed by atoms with Crippen LogP contribution in [-0.2, 0) is 19.9 Å². The first-order valence-electron chi connectivity index (χ1n) is 10.1. The van der Waals surface area contributed by atoms with E-state index >= 15 is 0 Å². The zero-order valence-corrected chi connectivity index (χ0v) is 16.7. The molecule has 0 N–H and O–H groups in total. The van der Waals surface area contributed by atoms with Gasteiger partial charge in [0.15, 0.2) is 0 Å². The van der Waals surface area contributed by atoms with Crippen LogP contribution in [0.3, 0.4) is 0 Å². The largest absolute Gasteiger partial charge is 0.344 e. The number of hydrogen-bond acceptors (Lipinski definition) is 2. The Bertz CT molecular complexity index is 1190. The lowest BCUT2D eigenvalue weighted by atomic mass is 9.81. The molecule has 28 heavy (non-hydrogen) atoms. The second-order valence-electron chi connectivity index (χ2n) is 8.11. The van der Waals surface area contributed by atoms with Crippen molar-refractivity contribution >= 4 is 10.9 Å². The highest BCUT2D eigenvalue weighted by molar-refractivity contribution is 5.87. The van der Waals surface area contributed by atoms with Crippen molar-refractivity contribution in [1.82, 2.24) is 14.5 Å². The number of rotatable bonds is 2. The number of para-hydroxylation sites is 1. The van der Waals surface area contributed by atoms with Gasteiger partial charge in [-0.2, -0.15) is 0 Å². The molecule has 0 spiro atoms. The van der Waals surface area contributed by atoms with Gasteiger partial charge >= 0.3 is 0 Å². The van der Waals surface area contributed by atoms with Crippen molar-refractivity contribution in [3.8, 4) is 11.3 Å². The fourth-order valence-corrected chi connectivity index (χ4v) is 4.67. The molecule has 0 aliphatic heterocycles. The van der Waals surface area contributed by atoms with E-state index in [9.17, 15) is 0 Å². The molecule has 0 bridgehead atoms. The minimum Gasteiger partial charge on any atom is -0.344 e. The average molecular weight is 367 g/mol. The summed E-state index contributed by atoms with van der Waals surface area (Å²) in [5.41, 5.74) is 10.5. The monoisotopic (exact) mass is 367 g/mol. The number of aromatic nitrogens is 3. The van der Waals surface area contributed by atoms with Gasteiger partial charge in [-0.05, 0) is 73.6 Å². The van der Waals surface area contributed by atoms with Gasteiger partial charge in [0.1, 0.15) is 0 Å². The molecule has 0 fully saturated rings. The molecule has 0 amide bonds. The normalized spacial score (nSPS) is 16.3. The maximum Gasteiger partial charge on any atom is 0.0492 e. The summed E-state index contributed by atoms with van der Waals surface area (Å²) in [4.78, 5) is 9.22. The van der Waals surface area contributed by atoms with E-state index in [0.717, 1.165) is 19.3 Å². The molecule has 1 unspecified atom stereocenters. The summed E-state index contributed by atoms with van der Waals surface area (Å²) in [5, 5.41) is 1.28. The van der Waals surface area contributed by atoms with Crippen LogP contribution in [0.4, 0.5) is 0 Å². The maximum absolute atomic E-state index is 4.85. The molecule has 1 atom stereocenters. The van der Waals surface area contributed by atoms with Crippen LogP contribution in [0.1, 0.15) is 40.3 Å². The third kappa shape index (κ3) is 2.73. The van der Waals surface area contributed by atoms with Crippen molar-refractivity contribution in [2.75, 3.05) is 0 Å². The van der Waals surface area contributed by atoms with E-state index in [0.29, 0.717) is 5.92 Å². The Kier molecular flexibility index (Phi) is 4.04. The highest BCUT2D eigenvalue weighted by atomic mass is 14.9. The van der Waals surface area contributed by atoms with Gasteiger partial charge in [-0.25, -0.2) is 0 Å². The van der Waals surface area contributed by atoms with E-state index < -0.39 is 0 Å². The van der Waals surface area contributed by atoms with Crippen LogP contribution >= 0.6 is 0 Å². The summed E-state index contributed by atoms with van der Waals surface area (Å²) >= 11 is 0. The molecule has 5 rings (SSSR count). The van der Waals surface area contributed by atoms with Crippen LogP contribution < -0.4 is 0 Å². The van der Waals surface area contributed by atoms with Crippen LogP contribution in [-0.4, -0.2) is 14.5 Å². The van der Waals surface area contributed by atoms with Crippen molar-refractivity contribution in [3.63, 3.8) is 0 Å². The minimum absolute atomic E-state index is 0.475. The van der Waals surface area contributed by atoms with Crippen molar-refractivity contribution in [2.24, 2.45) is 7.05 Å². The minimum atomic E-state index is 0.475. The lowest BCUT2D eigenvalue weighted by Crippen LogP contribution is -2.15. The summed E-state index contributed by atoms with van der Waals surface area (Å²) in [6, 6.07) is 13.2. The van der Waals surface area contributed by atoms with Crippen LogP contribution in [0, 0.1) is 13.8 Å². The Labute approximate surface area is 166 Å². The molecule has 1 aliphatic carbocycles. The molecule has 0 saturated heterocycles. The molecule has 3 nitrogen and oxygen atoms in total. The molecule has 3 heteroatoms. The molecule has 0 radical (unpaired) electrons. The van der Waals surface area contributed by atoms with E-state index in [1.165, 1.54) is 50.1 Å². The number of hydrogen-bond donors (Lipinski definition) is 0. The molecule has 140 valence electrons. The summed E-state index contributed by atoms with van der Waals surface area (Å²) in [6.07, 6.45) is 9.38. The van der Waals surface area contributed by atoms with E-state index in [1.807, 2.05) is 12.4 Å². The van der Waals surface area contributed by atoms with Gasteiger partial charge in [0.2, 0.25) is 0 Å². The summed E-state index contributed by atoms with van der Waals surface area (Å²) in [6.45, 7) is 4.34. The molecule has 3 heterocycles. The summed E-state index contributed by atoms with van der Waals surface area (Å²) in [7, 11) is 2.16. The summed E-state index contributed by atoms with van der Waals surface area (Å²) < 4.78 is 2.30. The van der Waals surface area contributed by atoms with Crippen molar-refractivity contribution in [2.45, 2.75) is 39.0 Å². The molecular formula is C25H25N3. The molecule has 3 aromatic heterocycles. The lowest BCUT2D eigenvalue weighted by Gasteiger charge is -2.26. The van der Waals surface area contributed by atoms with Crippen LogP contribution in [0.5, 0.6) is 0 Å². The SMILES string of the molecule is Cc1cnc(C2CCc3cncc(C)c3C2)cc1-c1cc2ccccc2n1C. The second-order valence-corrected chi connectivity index (χ2v) is 8.11. The fourth-order valence-electron chi connectivity index (χ4n) is 4.67. The molecule has 1 aliphatic rings. The van der Waals surface area contributed by atoms with Gasteiger partial charge in [-0.3, -0.25) is 9.97 Å². The summed E-state index contributed by atoms with van der Waals surface area (Å²) in [5.74, 6) is 0.475. The maximum atomic E-state index is 4.85. The third-order valence-corrected chi connectivity index (χ3v) is 6.35. The Morgan fingerprint density at radius 2 is 1.86 bits per heavy atom. The number of fused-ring (bicyclic) bond motifs is 2. The lowest BCUT2D eigenvalue weighted by molar-refractivity contribution is 0.567. The van der Waals surface area contributed by atoms with Crippen molar-refractivity contribution < 1.29 is 0 Å². The standard InChI is InChI=1S/C25H25N3/c1-16-13-26-15-20-9-8-18(10-21(16)20)23-12-22(17(2)14-27-23)25-11-19-6-4-5-7-24(19)28(25)3/h4-7,11-15,18H,8-10H2,1-3H3. The first-order chi connectivity index (χ1) is 13.6. The van der Waals surface area contributed by atoms with Crippen molar-refractivity contribution in [1.29, 1.82) is 0 Å². The quantitative estimate of drug-likeness (QED) is 0.467.